The molecule has 10 heteroatoms. The van der Waals surface area contributed by atoms with Gasteiger partial charge in [-0.05, 0) is 40.0 Å². The minimum absolute atomic E-state index is 0.0102. The number of amides is 1. The molecule has 1 aliphatic carbocycles. The summed E-state index contributed by atoms with van der Waals surface area (Å²) in [5.74, 6) is 0.225. The van der Waals surface area contributed by atoms with E-state index >= 15 is 0 Å². The van der Waals surface area contributed by atoms with Gasteiger partial charge in [0.15, 0.2) is 0 Å². The van der Waals surface area contributed by atoms with Gasteiger partial charge in [0.05, 0.1) is 23.5 Å². The fraction of sp³-hybridized carbons (Fsp3) is 0.812. The molecule has 1 amide bonds. The molecule has 2 unspecified atom stereocenters. The Morgan fingerprint density at radius 3 is 2.69 bits per heavy atom. The number of ether oxygens (including phenoxy) is 2. The van der Waals surface area contributed by atoms with E-state index in [9.17, 15) is 13.2 Å². The second-order valence-corrected chi connectivity index (χ2v) is 10.4. The third-order valence-electron chi connectivity index (χ3n) is 4.58. The van der Waals surface area contributed by atoms with E-state index in [1.807, 2.05) is 20.8 Å². The molecular weight excluding hydrogens is 378 g/mol. The fourth-order valence-electron chi connectivity index (χ4n) is 3.58. The van der Waals surface area contributed by atoms with Gasteiger partial charge >= 0.3 is 6.09 Å². The Morgan fingerprint density at radius 1 is 1.31 bits per heavy atom. The van der Waals surface area contributed by atoms with Crippen molar-refractivity contribution in [1.29, 1.82) is 0 Å². The largest absolute Gasteiger partial charge is 0.469 e. The lowest BCUT2D eigenvalue weighted by atomic mass is 10.1. The second kappa shape index (κ2) is 6.95. The molecule has 2 heterocycles. The zero-order valence-corrected chi connectivity index (χ0v) is 17.1. The minimum Gasteiger partial charge on any atom is -0.469 e. The molecule has 1 saturated carbocycles. The third-order valence-corrected chi connectivity index (χ3v) is 7.01. The van der Waals surface area contributed by atoms with Gasteiger partial charge in [-0.1, -0.05) is 6.92 Å². The molecule has 2 bridgehead atoms. The van der Waals surface area contributed by atoms with Crippen molar-refractivity contribution < 1.29 is 22.7 Å². The van der Waals surface area contributed by atoms with Crippen LogP contribution in [0.3, 0.4) is 0 Å². The van der Waals surface area contributed by atoms with Gasteiger partial charge in [-0.2, -0.15) is 4.37 Å². The van der Waals surface area contributed by atoms with Crippen LogP contribution in [-0.2, 0) is 14.6 Å². The Balaban J connectivity index is 1.75. The quantitative estimate of drug-likeness (QED) is 0.745. The van der Waals surface area contributed by atoms with E-state index in [-0.39, 0.29) is 40.8 Å². The normalized spacial score (nSPS) is 25.5. The smallest absolute Gasteiger partial charge is 0.410 e. The molecule has 1 aromatic heterocycles. The molecule has 2 aliphatic rings. The van der Waals surface area contributed by atoms with Crippen molar-refractivity contribution in [2.45, 2.75) is 69.7 Å². The highest BCUT2D eigenvalue weighted by Gasteiger charge is 2.52. The van der Waals surface area contributed by atoms with Crippen molar-refractivity contribution in [2.24, 2.45) is 5.92 Å². The van der Waals surface area contributed by atoms with Crippen LogP contribution in [0.5, 0.6) is 5.88 Å². The maximum absolute atomic E-state index is 12.4. The van der Waals surface area contributed by atoms with Crippen LogP contribution in [0, 0.1) is 5.92 Å². The van der Waals surface area contributed by atoms with Crippen molar-refractivity contribution in [2.75, 3.05) is 12.3 Å². The van der Waals surface area contributed by atoms with Crippen molar-refractivity contribution in [1.82, 2.24) is 13.6 Å². The number of nitrogens with zero attached hydrogens (tertiary/aromatic N) is 3. The van der Waals surface area contributed by atoms with Gasteiger partial charge in [0.2, 0.25) is 14.9 Å². The molecule has 1 aromatic rings. The first kappa shape index (κ1) is 19.3. The maximum Gasteiger partial charge on any atom is 0.410 e. The van der Waals surface area contributed by atoms with Crippen LogP contribution in [0.4, 0.5) is 4.79 Å². The van der Waals surface area contributed by atoms with Crippen molar-refractivity contribution in [3.63, 3.8) is 0 Å². The summed E-state index contributed by atoms with van der Waals surface area (Å²) in [6, 6.07) is -0.127. The summed E-state index contributed by atoms with van der Waals surface area (Å²) >= 11 is 0.831. The number of carbonyl (C=O) groups is 1. The van der Waals surface area contributed by atoms with Gasteiger partial charge < -0.3 is 14.4 Å². The van der Waals surface area contributed by atoms with Crippen molar-refractivity contribution in [3.8, 4) is 5.88 Å². The standard InChI is InChI=1S/C16H25N3O5S2/c1-5-8-26(21,22)14-13(17-25-18-14)23-12-10-6-7-11(12)19(9-10)15(20)24-16(2,3)4/h10-12H,5-9H2,1-4H3/t10?,11-,12?/m1/s1. The predicted molar refractivity (Wildman–Crippen MR) is 96.1 cm³/mol. The van der Waals surface area contributed by atoms with Gasteiger partial charge in [-0.3, -0.25) is 0 Å². The lowest BCUT2D eigenvalue weighted by molar-refractivity contribution is 0.0159. The van der Waals surface area contributed by atoms with Crippen LogP contribution in [0.15, 0.2) is 5.03 Å². The van der Waals surface area contributed by atoms with E-state index in [1.54, 1.807) is 11.8 Å². The topological polar surface area (TPSA) is 98.7 Å². The molecular formula is C16H25N3O5S2. The van der Waals surface area contributed by atoms with Crippen LogP contribution in [0.25, 0.3) is 0 Å². The summed E-state index contributed by atoms with van der Waals surface area (Å²) in [4.78, 5) is 14.1. The highest BCUT2D eigenvalue weighted by atomic mass is 32.2. The van der Waals surface area contributed by atoms with E-state index in [4.69, 9.17) is 9.47 Å². The minimum atomic E-state index is -3.50. The number of fused-ring (bicyclic) bond motifs is 2. The van der Waals surface area contributed by atoms with Crippen molar-refractivity contribution >= 4 is 27.7 Å². The zero-order chi connectivity index (χ0) is 19.1. The number of aromatic nitrogens is 2. The Bertz CT molecular complexity index is 771. The molecule has 1 aliphatic heterocycles. The van der Waals surface area contributed by atoms with Gasteiger partial charge in [-0.25, -0.2) is 13.2 Å². The Hall–Kier alpha value is -1.42. The van der Waals surface area contributed by atoms with Gasteiger partial charge in [0.1, 0.15) is 11.7 Å². The van der Waals surface area contributed by atoms with Crippen LogP contribution in [0.2, 0.25) is 0 Å². The molecule has 3 atom stereocenters. The maximum atomic E-state index is 12.4. The lowest BCUT2D eigenvalue weighted by Crippen LogP contribution is -2.43. The number of piperidine rings is 1. The summed E-state index contributed by atoms with van der Waals surface area (Å²) in [6.07, 6.45) is 1.61. The molecule has 146 valence electrons. The van der Waals surface area contributed by atoms with E-state index in [1.165, 1.54) is 0 Å². The highest BCUT2D eigenvalue weighted by Crippen LogP contribution is 2.41. The molecule has 0 radical (unpaired) electrons. The molecule has 1 saturated heterocycles. The van der Waals surface area contributed by atoms with E-state index in [0.717, 1.165) is 24.6 Å². The van der Waals surface area contributed by atoms with Crippen LogP contribution >= 0.6 is 11.7 Å². The molecule has 0 N–H and O–H groups in total. The number of hydrogen-bond donors (Lipinski definition) is 0. The third kappa shape index (κ3) is 3.80. The monoisotopic (exact) mass is 403 g/mol. The SMILES string of the molecule is CCCS(=O)(=O)c1nsnc1OC1C2CC[C@H]1N(C(=O)OC(C)(C)C)C2. The Labute approximate surface area is 158 Å². The highest BCUT2D eigenvalue weighted by molar-refractivity contribution is 7.91. The summed E-state index contributed by atoms with van der Waals surface area (Å²) in [5.41, 5.74) is -0.560. The van der Waals surface area contributed by atoms with Crippen LogP contribution in [0.1, 0.15) is 47.0 Å². The lowest BCUT2D eigenvalue weighted by Gasteiger charge is -2.30. The first-order valence-electron chi connectivity index (χ1n) is 8.84. The van der Waals surface area contributed by atoms with Crippen LogP contribution < -0.4 is 4.74 Å². The number of hydrogen-bond acceptors (Lipinski definition) is 8. The molecule has 3 rings (SSSR count). The van der Waals surface area contributed by atoms with Crippen LogP contribution in [-0.4, -0.2) is 58.2 Å². The molecule has 0 spiro atoms. The first-order chi connectivity index (χ1) is 12.1. The van der Waals surface area contributed by atoms with Crippen molar-refractivity contribution in [3.05, 3.63) is 0 Å². The first-order valence-corrected chi connectivity index (χ1v) is 11.2. The summed E-state index contributed by atoms with van der Waals surface area (Å²) < 4.78 is 44.1. The average Bonchev–Trinajstić information content (AvgIpc) is 3.21. The number of sulfone groups is 1. The summed E-state index contributed by atoms with van der Waals surface area (Å²) in [6.45, 7) is 7.85. The summed E-state index contributed by atoms with van der Waals surface area (Å²) in [7, 11) is -3.50. The van der Waals surface area contributed by atoms with E-state index in [0.29, 0.717) is 13.0 Å². The Morgan fingerprint density at radius 2 is 2.04 bits per heavy atom. The molecule has 26 heavy (non-hydrogen) atoms. The predicted octanol–water partition coefficient (Wildman–Crippen LogP) is 2.50. The molecule has 0 aromatic carbocycles. The fourth-order valence-corrected chi connectivity index (χ4v) is 5.68. The summed E-state index contributed by atoms with van der Waals surface area (Å²) in [5, 5.41) is -0.0838. The van der Waals surface area contributed by atoms with E-state index < -0.39 is 15.4 Å². The average molecular weight is 404 g/mol. The molecule has 8 nitrogen and oxygen atoms in total. The molecule has 2 fully saturated rings. The van der Waals surface area contributed by atoms with Gasteiger partial charge in [0, 0.05) is 12.5 Å². The Kier molecular flexibility index (Phi) is 5.17. The zero-order valence-electron chi connectivity index (χ0n) is 15.5. The van der Waals surface area contributed by atoms with E-state index in [2.05, 4.69) is 8.75 Å². The number of likely N-dealkylation sites (tertiary alicyclic amines) is 1. The number of carbonyl (C=O) groups excluding carboxylic acids is 1. The van der Waals surface area contributed by atoms with Gasteiger partial charge in [-0.15, -0.1) is 4.37 Å². The van der Waals surface area contributed by atoms with Gasteiger partial charge in [0.25, 0.3) is 5.88 Å². The second-order valence-electron chi connectivity index (χ2n) is 7.81. The number of rotatable bonds is 5.